The van der Waals surface area contributed by atoms with Crippen LogP contribution in [0.15, 0.2) is 48.6 Å². The van der Waals surface area contributed by atoms with Crippen LogP contribution in [0.2, 0.25) is 0 Å². The summed E-state index contributed by atoms with van der Waals surface area (Å²) >= 11 is -11.2. The molecule has 2 rings (SSSR count). The SMILES string of the molecule is C1=CCCC=CCC1.C1=CCCC=CCC1.[F][Sb-]([F])([F])([F])([F])[F].[Rh]. The van der Waals surface area contributed by atoms with Gasteiger partial charge in [-0.3, -0.25) is 0 Å². The van der Waals surface area contributed by atoms with Crippen LogP contribution in [0.4, 0.5) is 16.9 Å². The zero-order valence-electron chi connectivity index (χ0n) is 13.3. The number of hydrogen-bond acceptors (Lipinski definition) is 0. The molecule has 0 aromatic rings. The molecule has 0 heterocycles. The molecule has 8 heteroatoms. The largest absolute Gasteiger partial charge is 0 e. The van der Waals surface area contributed by atoms with Gasteiger partial charge in [0.05, 0.1) is 0 Å². The third-order valence-electron chi connectivity index (χ3n) is 2.67. The van der Waals surface area contributed by atoms with Crippen molar-refractivity contribution in [1.29, 1.82) is 0 Å². The van der Waals surface area contributed by atoms with Gasteiger partial charge in [0.25, 0.3) is 0 Å². The van der Waals surface area contributed by atoms with Crippen LogP contribution in [0.1, 0.15) is 51.4 Å². The summed E-state index contributed by atoms with van der Waals surface area (Å²) < 4.78 is 59.6. The molecule has 2 aliphatic rings. The van der Waals surface area contributed by atoms with Crippen LogP contribution >= 0.6 is 0 Å². The van der Waals surface area contributed by atoms with Crippen molar-refractivity contribution >= 4 is 19.5 Å². The van der Waals surface area contributed by atoms with E-state index < -0.39 is 19.5 Å². The van der Waals surface area contributed by atoms with E-state index in [0.717, 1.165) is 0 Å². The van der Waals surface area contributed by atoms with E-state index >= 15 is 0 Å². The summed E-state index contributed by atoms with van der Waals surface area (Å²) in [6.45, 7) is 0. The third kappa shape index (κ3) is 37.9. The Bertz CT molecular complexity index is 343. The second-order valence-electron chi connectivity index (χ2n) is 5.15. The third-order valence-corrected chi connectivity index (χ3v) is 2.67. The van der Waals surface area contributed by atoms with Crippen molar-refractivity contribution in [1.82, 2.24) is 0 Å². The topological polar surface area (TPSA) is 0 Å². The van der Waals surface area contributed by atoms with Crippen molar-refractivity contribution in [2.75, 3.05) is 0 Å². The smallest absolute Gasteiger partial charge is 0 e. The second kappa shape index (κ2) is 11.6. The van der Waals surface area contributed by atoms with E-state index in [1.165, 1.54) is 51.4 Å². The van der Waals surface area contributed by atoms with E-state index in [2.05, 4.69) is 48.6 Å². The predicted molar refractivity (Wildman–Crippen MR) is 85.9 cm³/mol. The Kier molecular flexibility index (Phi) is 12.6. The van der Waals surface area contributed by atoms with Gasteiger partial charge in [-0.1, -0.05) is 48.6 Å². The molecule has 0 atom stereocenters. The van der Waals surface area contributed by atoms with Gasteiger partial charge in [0.15, 0.2) is 0 Å². The molecule has 0 bridgehead atoms. The molecule has 0 amide bonds. The normalized spacial score (nSPS) is 20.1. The molecule has 0 saturated heterocycles. The molecule has 0 unspecified atom stereocenters. The minimum atomic E-state index is -11.2. The van der Waals surface area contributed by atoms with E-state index in [1.54, 1.807) is 0 Å². The molecule has 0 aromatic heterocycles. The van der Waals surface area contributed by atoms with Gasteiger partial charge in [0, 0.05) is 19.5 Å². The van der Waals surface area contributed by atoms with E-state index in [1.807, 2.05) is 0 Å². The van der Waals surface area contributed by atoms with Gasteiger partial charge in [-0.2, -0.15) is 0 Å². The molecule has 1 radical (unpaired) electrons. The van der Waals surface area contributed by atoms with Crippen LogP contribution in [0.5, 0.6) is 0 Å². The Morgan fingerprint density at radius 3 is 0.542 bits per heavy atom. The fraction of sp³-hybridized carbons (Fsp3) is 0.500. The molecule has 0 aromatic carbocycles. The van der Waals surface area contributed by atoms with Gasteiger partial charge in [0.1, 0.15) is 0 Å². The van der Waals surface area contributed by atoms with Crippen molar-refractivity contribution in [3.8, 4) is 0 Å². The Labute approximate surface area is 155 Å². The first-order valence-electron chi connectivity index (χ1n) is 7.61. The Balaban J connectivity index is 0. The molecular weight excluding hydrogens is 531 g/mol. The Morgan fingerprint density at radius 2 is 0.458 bits per heavy atom. The Morgan fingerprint density at radius 1 is 0.375 bits per heavy atom. The van der Waals surface area contributed by atoms with Gasteiger partial charge < -0.3 is 0 Å². The second-order valence-corrected chi connectivity index (χ2v) is 10.6. The molecule has 0 aliphatic heterocycles. The summed E-state index contributed by atoms with van der Waals surface area (Å²) in [6.07, 6.45) is 28.0. The van der Waals surface area contributed by atoms with E-state index in [9.17, 15) is 16.9 Å². The molecule has 0 fully saturated rings. The minimum Gasteiger partial charge on any atom is 0 e. The fourth-order valence-electron chi connectivity index (χ4n) is 1.71. The van der Waals surface area contributed by atoms with Crippen LogP contribution < -0.4 is 0 Å². The van der Waals surface area contributed by atoms with Crippen molar-refractivity contribution in [2.24, 2.45) is 0 Å². The van der Waals surface area contributed by atoms with Crippen LogP contribution in [0, 0.1) is 0 Å². The molecule has 2 aliphatic carbocycles. The maximum atomic E-state index is 9.93. The van der Waals surface area contributed by atoms with Crippen molar-refractivity contribution in [2.45, 2.75) is 51.4 Å². The van der Waals surface area contributed by atoms with Gasteiger partial charge in [-0.05, 0) is 51.4 Å². The van der Waals surface area contributed by atoms with Crippen LogP contribution in [0.3, 0.4) is 0 Å². The zero-order chi connectivity index (χ0) is 17.7. The molecule has 145 valence electrons. The van der Waals surface area contributed by atoms with Crippen LogP contribution in [0.25, 0.3) is 0 Å². The summed E-state index contributed by atoms with van der Waals surface area (Å²) in [4.78, 5) is 0. The molecular formula is C16H24F6RhSb-. The molecule has 0 saturated carbocycles. The zero-order valence-corrected chi connectivity index (χ0v) is 17.5. The van der Waals surface area contributed by atoms with Crippen LogP contribution in [-0.4, -0.2) is 19.5 Å². The molecule has 0 nitrogen and oxygen atoms in total. The number of rotatable bonds is 0. The Hall–Kier alpha value is -0.0184. The summed E-state index contributed by atoms with van der Waals surface area (Å²) in [5.74, 6) is 0. The van der Waals surface area contributed by atoms with E-state index in [0.29, 0.717) is 0 Å². The number of allylic oxidation sites excluding steroid dienone is 8. The maximum absolute atomic E-state index is 11.2. The van der Waals surface area contributed by atoms with E-state index in [-0.39, 0.29) is 19.5 Å². The average molecular weight is 555 g/mol. The van der Waals surface area contributed by atoms with Crippen molar-refractivity contribution in [3.63, 3.8) is 0 Å². The van der Waals surface area contributed by atoms with Gasteiger partial charge in [-0.25, -0.2) is 0 Å². The first-order chi connectivity index (χ1) is 10.4. The van der Waals surface area contributed by atoms with Crippen LogP contribution in [-0.2, 0) is 19.5 Å². The number of halogens is 6. The van der Waals surface area contributed by atoms with Gasteiger partial charge in [0.2, 0.25) is 0 Å². The first-order valence-corrected chi connectivity index (χ1v) is 13.4. The predicted octanol–water partition coefficient (Wildman–Crippen LogP) is 7.48. The monoisotopic (exact) mass is 554 g/mol. The first kappa shape index (κ1) is 26.2. The minimum absolute atomic E-state index is 0. The summed E-state index contributed by atoms with van der Waals surface area (Å²) in [6, 6.07) is 0. The summed E-state index contributed by atoms with van der Waals surface area (Å²) in [5, 5.41) is 0. The molecule has 24 heavy (non-hydrogen) atoms. The summed E-state index contributed by atoms with van der Waals surface area (Å²) in [5.41, 5.74) is 0. The van der Waals surface area contributed by atoms with Gasteiger partial charge in [-0.15, -0.1) is 0 Å². The van der Waals surface area contributed by atoms with Crippen molar-refractivity contribution < 1.29 is 36.4 Å². The van der Waals surface area contributed by atoms with Gasteiger partial charge >= 0.3 is 36.4 Å². The quantitative estimate of drug-likeness (QED) is 0.165. The molecule has 0 spiro atoms. The fourth-order valence-corrected chi connectivity index (χ4v) is 1.71. The standard InChI is InChI=1S/2C8H12.6FH.Rh.Sb/c2*1-2-4-6-8-7-5-3-1;;;;;;;;/h2*1-2,7-8H,3-6H2;6*1H;;/q;;;;;;;;;+5/p-6. The van der Waals surface area contributed by atoms with E-state index in [4.69, 9.17) is 0 Å². The number of hydrogen-bond donors (Lipinski definition) is 0. The maximum Gasteiger partial charge on any atom is 0 e. The average Bonchev–Trinajstić information content (AvgIpc) is 2.22. The van der Waals surface area contributed by atoms with Crippen molar-refractivity contribution in [3.05, 3.63) is 48.6 Å². The summed E-state index contributed by atoms with van der Waals surface area (Å²) in [7, 11) is 0. The molecule has 0 N–H and O–H groups in total.